The topological polar surface area (TPSA) is 67.5 Å². The van der Waals surface area contributed by atoms with Crippen LogP contribution in [0, 0.1) is 13.8 Å². The molecule has 2 aromatic rings. The molecule has 0 radical (unpaired) electrons. The first-order chi connectivity index (χ1) is 11.8. The van der Waals surface area contributed by atoms with Gasteiger partial charge >= 0.3 is 0 Å². The van der Waals surface area contributed by atoms with E-state index in [1.54, 1.807) is 11.3 Å². The fourth-order valence-corrected chi connectivity index (χ4v) is 5.19. The first-order valence-corrected chi connectivity index (χ1v) is 9.58. The fraction of sp³-hybridized carbons (Fsp3) is 0.667. The number of nitrogens with one attached hydrogen (secondary N) is 1. The Kier molecular flexibility index (Phi) is 4.03. The van der Waals surface area contributed by atoms with Crippen LogP contribution in [-0.4, -0.2) is 52.4 Å². The van der Waals surface area contributed by atoms with E-state index >= 15 is 0 Å². The van der Waals surface area contributed by atoms with E-state index in [0.29, 0.717) is 13.2 Å². The number of aromatic nitrogens is 2. The molecule has 1 spiro atoms. The minimum atomic E-state index is -0.244. The minimum Gasteiger partial charge on any atom is -0.378 e. The average Bonchev–Trinajstić information content (AvgIpc) is 3.02. The second-order valence-electron chi connectivity index (χ2n) is 7.97. The number of hydrogen-bond acceptors (Lipinski definition) is 6. The summed E-state index contributed by atoms with van der Waals surface area (Å²) in [6.07, 6.45) is 0.916. The van der Waals surface area contributed by atoms with Crippen molar-refractivity contribution in [3.8, 4) is 0 Å². The number of H-pyrrole nitrogens is 1. The van der Waals surface area contributed by atoms with Crippen molar-refractivity contribution in [2.75, 3.05) is 26.3 Å². The maximum atomic E-state index is 12.5. The molecule has 4 heterocycles. The van der Waals surface area contributed by atoms with Crippen LogP contribution in [-0.2, 0) is 16.0 Å². The molecular formula is C18H25N3O3S. The predicted octanol–water partition coefficient (Wildman–Crippen LogP) is 2.37. The number of aryl methyl sites for hydroxylation is 2. The van der Waals surface area contributed by atoms with E-state index in [1.165, 1.54) is 0 Å². The summed E-state index contributed by atoms with van der Waals surface area (Å²) < 4.78 is 11.9. The van der Waals surface area contributed by atoms with Crippen molar-refractivity contribution in [2.24, 2.45) is 0 Å². The summed E-state index contributed by atoms with van der Waals surface area (Å²) in [6, 6.07) is 0. The molecule has 1 atom stereocenters. The number of morpholine rings is 1. The molecule has 2 aliphatic rings. The summed E-state index contributed by atoms with van der Waals surface area (Å²) in [5, 5.41) is 0.731. The Morgan fingerprint density at radius 3 is 2.84 bits per heavy atom. The van der Waals surface area contributed by atoms with Crippen molar-refractivity contribution in [3.05, 3.63) is 26.6 Å². The van der Waals surface area contributed by atoms with Crippen molar-refractivity contribution in [1.29, 1.82) is 0 Å². The van der Waals surface area contributed by atoms with Crippen molar-refractivity contribution < 1.29 is 9.47 Å². The van der Waals surface area contributed by atoms with Gasteiger partial charge in [0.2, 0.25) is 0 Å². The van der Waals surface area contributed by atoms with E-state index in [0.717, 1.165) is 52.6 Å². The number of ether oxygens (including phenoxy) is 2. The molecule has 2 saturated heterocycles. The van der Waals surface area contributed by atoms with Gasteiger partial charge in [-0.05, 0) is 33.3 Å². The van der Waals surface area contributed by atoms with E-state index in [9.17, 15) is 4.79 Å². The highest BCUT2D eigenvalue weighted by molar-refractivity contribution is 7.18. The number of thiophene rings is 1. The van der Waals surface area contributed by atoms with E-state index in [4.69, 9.17) is 14.5 Å². The second-order valence-corrected chi connectivity index (χ2v) is 9.17. The largest absolute Gasteiger partial charge is 0.378 e. The summed E-state index contributed by atoms with van der Waals surface area (Å²) in [4.78, 5) is 24.5. The third-order valence-corrected chi connectivity index (χ3v) is 6.24. The van der Waals surface area contributed by atoms with Crippen LogP contribution < -0.4 is 5.56 Å². The molecule has 136 valence electrons. The van der Waals surface area contributed by atoms with Gasteiger partial charge in [-0.3, -0.25) is 9.69 Å². The van der Waals surface area contributed by atoms with Crippen LogP contribution in [0.5, 0.6) is 0 Å². The highest BCUT2D eigenvalue weighted by Crippen LogP contribution is 2.35. The van der Waals surface area contributed by atoms with E-state index in [-0.39, 0.29) is 16.8 Å². The van der Waals surface area contributed by atoms with Crippen molar-refractivity contribution >= 4 is 21.6 Å². The van der Waals surface area contributed by atoms with Crippen LogP contribution in [0.4, 0.5) is 0 Å². The number of nitrogens with zero attached hydrogens (tertiary/aromatic N) is 2. The van der Waals surface area contributed by atoms with E-state index < -0.39 is 0 Å². The third-order valence-electron chi connectivity index (χ3n) is 5.14. The molecule has 25 heavy (non-hydrogen) atoms. The van der Waals surface area contributed by atoms with Gasteiger partial charge in [-0.15, -0.1) is 11.3 Å². The Balaban J connectivity index is 1.63. The Morgan fingerprint density at radius 1 is 1.32 bits per heavy atom. The molecule has 6 nitrogen and oxygen atoms in total. The SMILES string of the molecule is Cc1sc2nc(CN3CC(C)(C)OC4(CCOC4)C3)[nH]c(=O)c2c1C. The molecule has 1 unspecified atom stereocenters. The molecular weight excluding hydrogens is 338 g/mol. The van der Waals surface area contributed by atoms with Crippen molar-refractivity contribution in [2.45, 2.75) is 51.9 Å². The molecule has 0 aliphatic carbocycles. The minimum absolute atomic E-state index is 0.0340. The van der Waals surface area contributed by atoms with Crippen molar-refractivity contribution in [1.82, 2.24) is 14.9 Å². The summed E-state index contributed by atoms with van der Waals surface area (Å²) in [5.74, 6) is 0.727. The highest BCUT2D eigenvalue weighted by atomic mass is 32.1. The van der Waals surface area contributed by atoms with E-state index in [1.807, 2.05) is 13.8 Å². The van der Waals surface area contributed by atoms with Crippen LogP contribution in [0.15, 0.2) is 4.79 Å². The molecule has 0 amide bonds. The molecule has 2 aromatic heterocycles. The van der Waals surface area contributed by atoms with Crippen LogP contribution in [0.25, 0.3) is 10.2 Å². The maximum absolute atomic E-state index is 12.5. The normalized spacial score (nSPS) is 26.7. The Hall–Kier alpha value is -1.28. The highest BCUT2D eigenvalue weighted by Gasteiger charge is 2.46. The quantitative estimate of drug-likeness (QED) is 0.887. The molecule has 2 aliphatic heterocycles. The van der Waals surface area contributed by atoms with Gasteiger partial charge in [-0.25, -0.2) is 4.98 Å². The van der Waals surface area contributed by atoms with E-state index in [2.05, 4.69) is 23.7 Å². The first kappa shape index (κ1) is 17.1. The molecule has 4 rings (SSSR count). The lowest BCUT2D eigenvalue weighted by Gasteiger charge is -2.47. The molecule has 1 N–H and O–H groups in total. The average molecular weight is 363 g/mol. The molecule has 2 fully saturated rings. The number of fused-ring (bicyclic) bond motifs is 1. The van der Waals surface area contributed by atoms with Gasteiger partial charge < -0.3 is 14.5 Å². The lowest BCUT2D eigenvalue weighted by atomic mass is 9.95. The van der Waals surface area contributed by atoms with Crippen molar-refractivity contribution in [3.63, 3.8) is 0 Å². The summed E-state index contributed by atoms with van der Waals surface area (Å²) in [6.45, 7) is 11.9. The summed E-state index contributed by atoms with van der Waals surface area (Å²) >= 11 is 1.59. The molecule has 7 heteroatoms. The van der Waals surface area contributed by atoms with Crippen LogP contribution in [0.3, 0.4) is 0 Å². The fourth-order valence-electron chi connectivity index (χ4n) is 4.14. The molecule has 0 bridgehead atoms. The Labute approximate surface area is 151 Å². The van der Waals surface area contributed by atoms with Gasteiger partial charge in [0.15, 0.2) is 0 Å². The smallest absolute Gasteiger partial charge is 0.259 e. The summed E-state index contributed by atoms with van der Waals surface area (Å²) in [7, 11) is 0. The Morgan fingerprint density at radius 2 is 2.12 bits per heavy atom. The number of hydrogen-bond donors (Lipinski definition) is 1. The molecule has 0 aromatic carbocycles. The first-order valence-electron chi connectivity index (χ1n) is 8.76. The van der Waals surface area contributed by atoms with Gasteiger partial charge in [-0.2, -0.15) is 0 Å². The number of aromatic amines is 1. The van der Waals surface area contributed by atoms with Gasteiger partial charge in [0, 0.05) is 31.0 Å². The predicted molar refractivity (Wildman–Crippen MR) is 98.3 cm³/mol. The lowest BCUT2D eigenvalue weighted by Crippen LogP contribution is -2.59. The van der Waals surface area contributed by atoms with Crippen LogP contribution in [0.1, 0.15) is 36.5 Å². The lowest BCUT2D eigenvalue weighted by molar-refractivity contribution is -0.197. The zero-order valence-electron chi connectivity index (χ0n) is 15.3. The van der Waals surface area contributed by atoms with Gasteiger partial charge in [0.1, 0.15) is 16.3 Å². The third kappa shape index (κ3) is 3.14. The number of rotatable bonds is 2. The summed E-state index contributed by atoms with van der Waals surface area (Å²) in [5.41, 5.74) is 0.525. The standard InChI is InChI=1S/C18H25N3O3S/c1-11-12(2)25-16-14(11)15(22)19-13(20-16)7-21-8-17(3,4)24-18(9-21)5-6-23-10-18/h5-10H2,1-4H3,(H,19,20,22). The Bertz CT molecular complexity index is 864. The van der Waals surface area contributed by atoms with Gasteiger partial charge in [0.05, 0.1) is 24.1 Å². The monoisotopic (exact) mass is 363 g/mol. The zero-order chi connectivity index (χ0) is 17.8. The van der Waals surface area contributed by atoms with Gasteiger partial charge in [0.25, 0.3) is 5.56 Å². The van der Waals surface area contributed by atoms with Crippen LogP contribution in [0.2, 0.25) is 0 Å². The maximum Gasteiger partial charge on any atom is 0.259 e. The zero-order valence-corrected chi connectivity index (χ0v) is 16.1. The van der Waals surface area contributed by atoms with Gasteiger partial charge in [-0.1, -0.05) is 0 Å². The second kappa shape index (κ2) is 5.87. The van der Waals surface area contributed by atoms with Crippen LogP contribution >= 0.6 is 11.3 Å². The molecule has 0 saturated carbocycles.